The van der Waals surface area contributed by atoms with Crippen LogP contribution in [0, 0.1) is 6.92 Å². The maximum absolute atomic E-state index is 13.2. The van der Waals surface area contributed by atoms with Crippen molar-refractivity contribution in [2.75, 3.05) is 6.61 Å². The third kappa shape index (κ3) is 6.46. The number of hydrogen-bond acceptors (Lipinski definition) is 6. The molecule has 2 aromatic heterocycles. The monoisotopic (exact) mass is 536 g/mol. The lowest BCUT2D eigenvalue weighted by Gasteiger charge is -2.30. The second kappa shape index (κ2) is 12.7. The van der Waals surface area contributed by atoms with E-state index >= 15 is 0 Å². The second-order valence-corrected chi connectivity index (χ2v) is 10.1. The lowest BCUT2D eigenvalue weighted by molar-refractivity contribution is 0.160. The molecule has 0 radical (unpaired) electrons. The van der Waals surface area contributed by atoms with E-state index < -0.39 is 0 Å². The Morgan fingerprint density at radius 2 is 1.75 bits per heavy atom. The lowest BCUT2D eigenvalue weighted by Crippen LogP contribution is -2.32. The summed E-state index contributed by atoms with van der Waals surface area (Å²) in [4.78, 5) is 18.6. The second-order valence-electron chi connectivity index (χ2n) is 10.1. The number of benzene rings is 3. The van der Waals surface area contributed by atoms with Gasteiger partial charge in [0.25, 0.3) is 5.56 Å². The van der Waals surface area contributed by atoms with E-state index in [-0.39, 0.29) is 11.6 Å². The smallest absolute Gasteiger partial charge is 0.252 e. The minimum absolute atomic E-state index is 0.0862. The third-order valence-corrected chi connectivity index (χ3v) is 7.22. The van der Waals surface area contributed by atoms with Gasteiger partial charge in [0.15, 0.2) is 5.82 Å². The van der Waals surface area contributed by atoms with Gasteiger partial charge in [-0.1, -0.05) is 67.1 Å². The number of H-pyrrole nitrogens is 1. The van der Waals surface area contributed by atoms with Gasteiger partial charge in [-0.15, -0.1) is 5.10 Å². The van der Waals surface area contributed by atoms with E-state index in [1.54, 1.807) is 0 Å². The molecule has 0 bridgehead atoms. The SMILES string of the molecule is CCOc1ccc2[nH]c(=O)c(CN(Cc3ccc(C)cc3)[C@@H](CC)c3nnnn3CCc3ccccc3)cc2c1. The van der Waals surface area contributed by atoms with Gasteiger partial charge < -0.3 is 9.72 Å². The molecule has 0 saturated heterocycles. The minimum atomic E-state index is -0.0934. The molecule has 0 spiro atoms. The van der Waals surface area contributed by atoms with Crippen LogP contribution < -0.4 is 10.3 Å². The Kier molecular flexibility index (Phi) is 8.66. The number of rotatable bonds is 12. The Hall–Kier alpha value is -4.30. The van der Waals surface area contributed by atoms with Gasteiger partial charge in [-0.3, -0.25) is 9.69 Å². The zero-order chi connectivity index (χ0) is 27.9. The van der Waals surface area contributed by atoms with Crippen molar-refractivity contribution in [2.45, 2.75) is 59.3 Å². The van der Waals surface area contributed by atoms with Gasteiger partial charge in [-0.2, -0.15) is 0 Å². The molecule has 0 saturated carbocycles. The topological polar surface area (TPSA) is 88.9 Å². The van der Waals surface area contributed by atoms with Crippen LogP contribution in [0.5, 0.6) is 5.75 Å². The molecule has 0 aliphatic carbocycles. The molecule has 206 valence electrons. The first-order valence-electron chi connectivity index (χ1n) is 13.9. The van der Waals surface area contributed by atoms with Crippen molar-refractivity contribution in [2.24, 2.45) is 0 Å². The van der Waals surface area contributed by atoms with Crippen molar-refractivity contribution in [3.05, 3.63) is 117 Å². The van der Waals surface area contributed by atoms with Crippen molar-refractivity contribution >= 4 is 10.9 Å². The van der Waals surface area contributed by atoms with Crippen LogP contribution in [0.2, 0.25) is 0 Å². The number of hydrogen-bond donors (Lipinski definition) is 1. The Morgan fingerprint density at radius 1 is 0.950 bits per heavy atom. The van der Waals surface area contributed by atoms with Crippen molar-refractivity contribution in [3.8, 4) is 5.75 Å². The first-order valence-corrected chi connectivity index (χ1v) is 13.9. The number of pyridine rings is 1. The largest absolute Gasteiger partial charge is 0.494 e. The standard InChI is InChI=1S/C32H36N6O2/c1-4-30(31-34-35-36-38(31)18-17-24-9-7-6-8-10-24)37(21-25-13-11-23(3)12-14-25)22-27-19-26-20-28(40-5-2)15-16-29(26)33-32(27)39/h6-16,19-20,30H,4-5,17-18,21-22H2,1-3H3,(H,33,39)/t30-/m0/s1. The summed E-state index contributed by atoms with van der Waals surface area (Å²) in [6.07, 6.45) is 1.62. The van der Waals surface area contributed by atoms with Crippen LogP contribution in [0.1, 0.15) is 54.4 Å². The van der Waals surface area contributed by atoms with Crippen molar-refractivity contribution in [3.63, 3.8) is 0 Å². The summed E-state index contributed by atoms with van der Waals surface area (Å²) in [5.74, 6) is 1.59. The van der Waals surface area contributed by atoms with Gasteiger partial charge in [0.2, 0.25) is 0 Å². The number of nitrogens with zero attached hydrogens (tertiary/aromatic N) is 5. The molecular weight excluding hydrogens is 500 g/mol. The molecule has 2 heterocycles. The van der Waals surface area contributed by atoms with Crippen molar-refractivity contribution in [1.82, 2.24) is 30.1 Å². The Balaban J connectivity index is 1.48. The molecule has 0 unspecified atom stereocenters. The Labute approximate surface area is 234 Å². The van der Waals surface area contributed by atoms with Crippen LogP contribution in [0.3, 0.4) is 0 Å². The van der Waals surface area contributed by atoms with Gasteiger partial charge in [0.1, 0.15) is 5.75 Å². The highest BCUT2D eigenvalue weighted by molar-refractivity contribution is 5.80. The molecule has 0 aliphatic heterocycles. The van der Waals surface area contributed by atoms with Gasteiger partial charge in [0.05, 0.1) is 12.6 Å². The fraction of sp³-hybridized carbons (Fsp3) is 0.312. The van der Waals surface area contributed by atoms with Crippen molar-refractivity contribution in [1.29, 1.82) is 0 Å². The third-order valence-electron chi connectivity index (χ3n) is 7.22. The molecule has 0 fully saturated rings. The Bertz CT molecular complexity index is 1590. The maximum atomic E-state index is 13.2. The zero-order valence-corrected chi connectivity index (χ0v) is 23.4. The van der Waals surface area contributed by atoms with Gasteiger partial charge in [-0.05, 0) is 72.5 Å². The maximum Gasteiger partial charge on any atom is 0.252 e. The molecular formula is C32H36N6O2. The average molecular weight is 537 g/mol. The normalized spacial score (nSPS) is 12.2. The van der Waals surface area contributed by atoms with E-state index in [2.05, 4.69) is 75.7 Å². The van der Waals surface area contributed by atoms with E-state index in [0.717, 1.165) is 35.3 Å². The summed E-state index contributed by atoms with van der Waals surface area (Å²) in [7, 11) is 0. The quantitative estimate of drug-likeness (QED) is 0.223. The summed E-state index contributed by atoms with van der Waals surface area (Å²) in [5.41, 5.74) is 5.01. The highest BCUT2D eigenvalue weighted by Crippen LogP contribution is 2.27. The molecule has 40 heavy (non-hydrogen) atoms. The molecule has 8 nitrogen and oxygen atoms in total. The van der Waals surface area contributed by atoms with Crippen LogP contribution in [0.4, 0.5) is 0 Å². The van der Waals surface area contributed by atoms with E-state index in [1.807, 2.05) is 54.1 Å². The summed E-state index contributed by atoms with van der Waals surface area (Å²) >= 11 is 0. The number of nitrogens with one attached hydrogen (secondary N) is 1. The average Bonchev–Trinajstić information content (AvgIpc) is 3.43. The van der Waals surface area contributed by atoms with E-state index in [4.69, 9.17) is 4.74 Å². The summed E-state index contributed by atoms with van der Waals surface area (Å²) in [5, 5.41) is 13.8. The zero-order valence-electron chi connectivity index (χ0n) is 23.4. The van der Waals surface area contributed by atoms with E-state index in [0.29, 0.717) is 31.8 Å². The fourth-order valence-corrected chi connectivity index (χ4v) is 5.12. The first-order chi connectivity index (χ1) is 19.5. The summed E-state index contributed by atoms with van der Waals surface area (Å²) in [6, 6.07) is 26.5. The first kappa shape index (κ1) is 27.3. The number of tetrazole rings is 1. The fourth-order valence-electron chi connectivity index (χ4n) is 5.12. The van der Waals surface area contributed by atoms with E-state index in [9.17, 15) is 4.79 Å². The molecule has 1 N–H and O–H groups in total. The van der Waals surface area contributed by atoms with Crippen LogP contribution in [0.15, 0.2) is 83.7 Å². The molecule has 0 amide bonds. The van der Waals surface area contributed by atoms with Gasteiger partial charge >= 0.3 is 0 Å². The number of aromatic nitrogens is 5. The predicted octanol–water partition coefficient (Wildman–Crippen LogP) is 5.62. The Morgan fingerprint density at radius 3 is 2.50 bits per heavy atom. The van der Waals surface area contributed by atoms with Crippen LogP contribution in [-0.4, -0.2) is 36.7 Å². The molecule has 1 atom stereocenters. The number of ether oxygens (including phenoxy) is 1. The predicted molar refractivity (Wildman–Crippen MR) is 157 cm³/mol. The molecule has 8 heteroatoms. The summed E-state index contributed by atoms with van der Waals surface area (Å²) in [6.45, 7) is 8.55. The highest BCUT2D eigenvalue weighted by Gasteiger charge is 2.26. The lowest BCUT2D eigenvalue weighted by atomic mass is 10.1. The summed E-state index contributed by atoms with van der Waals surface area (Å²) < 4.78 is 7.60. The molecule has 3 aromatic carbocycles. The number of aromatic amines is 1. The van der Waals surface area contributed by atoms with Crippen LogP contribution >= 0.6 is 0 Å². The minimum Gasteiger partial charge on any atom is -0.494 e. The van der Waals surface area contributed by atoms with Crippen LogP contribution in [0.25, 0.3) is 10.9 Å². The highest BCUT2D eigenvalue weighted by atomic mass is 16.5. The molecule has 5 aromatic rings. The van der Waals surface area contributed by atoms with Crippen molar-refractivity contribution < 1.29 is 4.74 Å². The van der Waals surface area contributed by atoms with E-state index in [1.165, 1.54) is 16.7 Å². The van der Waals surface area contributed by atoms with Crippen LogP contribution in [-0.2, 0) is 26.1 Å². The van der Waals surface area contributed by atoms with Gasteiger partial charge in [-0.25, -0.2) is 4.68 Å². The number of fused-ring (bicyclic) bond motifs is 1. The van der Waals surface area contributed by atoms with Gasteiger partial charge in [0, 0.05) is 36.1 Å². The number of aryl methyl sites for hydroxylation is 3. The molecule has 5 rings (SSSR count). The molecule has 0 aliphatic rings.